The van der Waals surface area contributed by atoms with Gasteiger partial charge in [-0.2, -0.15) is 12.6 Å². The topological polar surface area (TPSA) is 37.3 Å². The van der Waals surface area contributed by atoms with Crippen LogP contribution in [0.5, 0.6) is 0 Å². The van der Waals surface area contributed by atoms with Crippen LogP contribution in [0, 0.1) is 17.7 Å². The highest BCUT2D eigenvalue weighted by Gasteiger charge is 2.08. The average molecular weight is 210 g/mol. The van der Waals surface area contributed by atoms with Crippen LogP contribution < -0.4 is 0 Å². The summed E-state index contributed by atoms with van der Waals surface area (Å²) < 4.78 is 12.7. The quantitative estimate of drug-likeness (QED) is 0.548. The molecule has 0 radical (unpaired) electrons. The Labute approximate surface area is 86.2 Å². The summed E-state index contributed by atoms with van der Waals surface area (Å²) in [5.41, 5.74) is 0.173. The Balaban J connectivity index is 3.22. The number of hydrogen-bond acceptors (Lipinski definition) is 2. The summed E-state index contributed by atoms with van der Waals surface area (Å²) in [7, 11) is 0. The van der Waals surface area contributed by atoms with E-state index in [-0.39, 0.29) is 5.56 Å². The zero-order chi connectivity index (χ0) is 10.6. The van der Waals surface area contributed by atoms with Gasteiger partial charge in [0.25, 0.3) is 0 Å². The molecule has 1 aromatic rings. The number of halogens is 1. The fourth-order valence-electron chi connectivity index (χ4n) is 0.937. The van der Waals surface area contributed by atoms with E-state index < -0.39 is 11.8 Å². The highest BCUT2D eigenvalue weighted by molar-refractivity contribution is 7.80. The highest BCUT2D eigenvalue weighted by Crippen LogP contribution is 2.10. The summed E-state index contributed by atoms with van der Waals surface area (Å²) in [5, 5.41) is 8.74. The van der Waals surface area contributed by atoms with Gasteiger partial charge in [0.05, 0.1) is 11.3 Å². The van der Waals surface area contributed by atoms with Crippen LogP contribution in [0.1, 0.15) is 15.9 Å². The third-order valence-electron chi connectivity index (χ3n) is 1.51. The second-order valence-electron chi connectivity index (χ2n) is 2.45. The number of benzene rings is 1. The van der Waals surface area contributed by atoms with E-state index in [0.717, 1.165) is 6.07 Å². The molecule has 0 atom stereocenters. The SMILES string of the molecule is O=C(O)c1cc(F)ccc1C#CCS. The van der Waals surface area contributed by atoms with Gasteiger partial charge in [0.1, 0.15) is 5.82 Å². The van der Waals surface area contributed by atoms with Crippen LogP contribution in [0.15, 0.2) is 18.2 Å². The summed E-state index contributed by atoms with van der Waals surface area (Å²) in [6.45, 7) is 0. The third kappa shape index (κ3) is 2.51. The molecule has 2 nitrogen and oxygen atoms in total. The predicted molar refractivity (Wildman–Crippen MR) is 54.1 cm³/mol. The number of aromatic carboxylic acids is 1. The summed E-state index contributed by atoms with van der Waals surface area (Å²) in [6.07, 6.45) is 0. The molecule has 1 aromatic carbocycles. The van der Waals surface area contributed by atoms with Crippen LogP contribution in [0.25, 0.3) is 0 Å². The van der Waals surface area contributed by atoms with E-state index in [9.17, 15) is 9.18 Å². The molecule has 0 unspecified atom stereocenters. The Morgan fingerprint density at radius 2 is 2.29 bits per heavy atom. The van der Waals surface area contributed by atoms with E-state index in [4.69, 9.17) is 5.11 Å². The van der Waals surface area contributed by atoms with Crippen LogP contribution in [-0.2, 0) is 0 Å². The van der Waals surface area contributed by atoms with E-state index in [1.54, 1.807) is 0 Å². The Bertz CT molecular complexity index is 418. The molecule has 0 saturated heterocycles. The molecule has 1 N–H and O–H groups in total. The maximum atomic E-state index is 12.7. The Morgan fingerprint density at radius 3 is 2.86 bits per heavy atom. The molecule has 0 bridgehead atoms. The Kier molecular flexibility index (Phi) is 3.55. The lowest BCUT2D eigenvalue weighted by Gasteiger charge is -1.98. The standard InChI is InChI=1S/C10H7FO2S/c11-8-4-3-7(2-1-5-14)9(6-8)10(12)13/h3-4,6,14H,5H2,(H,12,13). The monoisotopic (exact) mass is 210 g/mol. The van der Waals surface area contributed by atoms with Gasteiger partial charge in [-0.25, -0.2) is 9.18 Å². The molecule has 0 aliphatic carbocycles. The van der Waals surface area contributed by atoms with Crippen molar-refractivity contribution in [1.82, 2.24) is 0 Å². The van der Waals surface area contributed by atoms with Crippen LogP contribution in [0.3, 0.4) is 0 Å². The first-order valence-electron chi connectivity index (χ1n) is 3.77. The fraction of sp³-hybridized carbons (Fsp3) is 0.100. The van der Waals surface area contributed by atoms with Crippen molar-refractivity contribution in [1.29, 1.82) is 0 Å². The van der Waals surface area contributed by atoms with Crippen LogP contribution in [0.4, 0.5) is 4.39 Å². The molecular formula is C10H7FO2S. The molecule has 0 heterocycles. The molecule has 0 amide bonds. The molecule has 0 saturated carbocycles. The lowest BCUT2D eigenvalue weighted by Crippen LogP contribution is -2.00. The summed E-state index contributed by atoms with van der Waals surface area (Å²) in [4.78, 5) is 10.7. The van der Waals surface area contributed by atoms with Crippen molar-refractivity contribution in [2.75, 3.05) is 5.75 Å². The van der Waals surface area contributed by atoms with Gasteiger partial charge in [-0.3, -0.25) is 0 Å². The van der Waals surface area contributed by atoms with Gasteiger partial charge >= 0.3 is 5.97 Å². The largest absolute Gasteiger partial charge is 0.478 e. The van der Waals surface area contributed by atoms with Crippen molar-refractivity contribution in [2.45, 2.75) is 0 Å². The van der Waals surface area contributed by atoms with Crippen molar-refractivity contribution in [3.8, 4) is 11.8 Å². The normalized spacial score (nSPS) is 9.00. The van der Waals surface area contributed by atoms with E-state index in [2.05, 4.69) is 24.5 Å². The fourth-order valence-corrected chi connectivity index (χ4v) is 1.02. The van der Waals surface area contributed by atoms with Crippen molar-refractivity contribution >= 4 is 18.6 Å². The molecular weight excluding hydrogens is 203 g/mol. The lowest BCUT2D eigenvalue weighted by molar-refractivity contribution is 0.0696. The first-order valence-corrected chi connectivity index (χ1v) is 4.41. The molecule has 0 aliphatic heterocycles. The molecule has 0 fully saturated rings. The number of hydrogen-bond donors (Lipinski definition) is 2. The molecule has 0 aliphatic rings. The van der Waals surface area contributed by atoms with E-state index in [1.807, 2.05) is 0 Å². The summed E-state index contributed by atoms with van der Waals surface area (Å²) >= 11 is 3.86. The Hall–Kier alpha value is -1.47. The number of carbonyl (C=O) groups is 1. The number of carboxylic acids is 1. The van der Waals surface area contributed by atoms with Crippen molar-refractivity contribution in [2.24, 2.45) is 0 Å². The molecule has 0 aromatic heterocycles. The van der Waals surface area contributed by atoms with Gasteiger partial charge in [0, 0.05) is 5.56 Å². The molecule has 4 heteroatoms. The van der Waals surface area contributed by atoms with E-state index in [1.165, 1.54) is 12.1 Å². The smallest absolute Gasteiger partial charge is 0.337 e. The van der Waals surface area contributed by atoms with Crippen LogP contribution in [0.2, 0.25) is 0 Å². The maximum Gasteiger partial charge on any atom is 0.337 e. The minimum absolute atomic E-state index is 0.126. The highest BCUT2D eigenvalue weighted by atomic mass is 32.1. The van der Waals surface area contributed by atoms with E-state index >= 15 is 0 Å². The van der Waals surface area contributed by atoms with Gasteiger partial charge in [-0.05, 0) is 18.2 Å². The third-order valence-corrected chi connectivity index (χ3v) is 1.67. The number of carboxylic acid groups (broad SMARTS) is 1. The van der Waals surface area contributed by atoms with Gasteiger partial charge in [0.2, 0.25) is 0 Å². The Morgan fingerprint density at radius 1 is 1.57 bits per heavy atom. The number of rotatable bonds is 1. The second-order valence-corrected chi connectivity index (χ2v) is 2.77. The minimum atomic E-state index is -1.19. The van der Waals surface area contributed by atoms with Gasteiger partial charge < -0.3 is 5.11 Å². The molecule has 0 spiro atoms. The summed E-state index contributed by atoms with van der Waals surface area (Å²) in [5.74, 6) is 3.76. The maximum absolute atomic E-state index is 12.7. The lowest BCUT2D eigenvalue weighted by atomic mass is 10.1. The van der Waals surface area contributed by atoms with Crippen LogP contribution >= 0.6 is 12.6 Å². The second kappa shape index (κ2) is 4.68. The van der Waals surface area contributed by atoms with Crippen molar-refractivity contribution < 1.29 is 14.3 Å². The van der Waals surface area contributed by atoms with Crippen LogP contribution in [-0.4, -0.2) is 16.8 Å². The predicted octanol–water partition coefficient (Wildman–Crippen LogP) is 1.81. The van der Waals surface area contributed by atoms with Crippen molar-refractivity contribution in [3.63, 3.8) is 0 Å². The molecule has 14 heavy (non-hydrogen) atoms. The first kappa shape index (κ1) is 10.6. The van der Waals surface area contributed by atoms with Gasteiger partial charge in [-0.1, -0.05) is 11.8 Å². The van der Waals surface area contributed by atoms with Crippen molar-refractivity contribution in [3.05, 3.63) is 35.1 Å². The van der Waals surface area contributed by atoms with Gasteiger partial charge in [-0.15, -0.1) is 0 Å². The average Bonchev–Trinajstić information content (AvgIpc) is 2.15. The first-order chi connectivity index (χ1) is 6.65. The minimum Gasteiger partial charge on any atom is -0.478 e. The molecule has 1 rings (SSSR count). The van der Waals surface area contributed by atoms with E-state index in [0.29, 0.717) is 11.3 Å². The van der Waals surface area contributed by atoms with Gasteiger partial charge in [0.15, 0.2) is 0 Å². The molecule has 72 valence electrons. The number of thiol groups is 1. The zero-order valence-corrected chi connectivity index (χ0v) is 8.01. The summed E-state index contributed by atoms with van der Waals surface area (Å²) in [6, 6.07) is 3.47. The zero-order valence-electron chi connectivity index (χ0n) is 7.12.